The van der Waals surface area contributed by atoms with Gasteiger partial charge in [-0.1, -0.05) is 0 Å². The first kappa shape index (κ1) is 13.4. The summed E-state index contributed by atoms with van der Waals surface area (Å²) < 4.78 is 1.44. The SMILES string of the molecule is C[C@]1(C2CC2)NC(=O)N(Cc2cc(=O)n3ccsc3n2)C1=O. The van der Waals surface area contributed by atoms with Crippen LogP contribution < -0.4 is 10.9 Å². The van der Waals surface area contributed by atoms with E-state index in [0.29, 0.717) is 10.7 Å². The fourth-order valence-corrected chi connectivity index (χ4v) is 3.67. The molecule has 2 fully saturated rings. The third-order valence-corrected chi connectivity index (χ3v) is 5.13. The largest absolute Gasteiger partial charge is 0.325 e. The average Bonchev–Trinajstić information content (AvgIpc) is 3.18. The van der Waals surface area contributed by atoms with Crippen LogP contribution in [0.4, 0.5) is 4.79 Å². The van der Waals surface area contributed by atoms with Crippen molar-refractivity contribution in [2.45, 2.75) is 31.8 Å². The number of hydrogen-bond donors (Lipinski definition) is 1. The van der Waals surface area contributed by atoms with Gasteiger partial charge in [-0.3, -0.25) is 18.9 Å². The van der Waals surface area contributed by atoms with Gasteiger partial charge in [-0.15, -0.1) is 11.3 Å². The molecule has 0 radical (unpaired) electrons. The van der Waals surface area contributed by atoms with E-state index in [4.69, 9.17) is 0 Å². The molecule has 4 rings (SSSR count). The Hall–Kier alpha value is -2.22. The molecule has 2 aliphatic rings. The predicted molar refractivity (Wildman–Crippen MR) is 79.5 cm³/mol. The summed E-state index contributed by atoms with van der Waals surface area (Å²) in [6.45, 7) is 1.80. The highest BCUT2D eigenvalue weighted by atomic mass is 32.1. The van der Waals surface area contributed by atoms with E-state index in [2.05, 4.69) is 10.3 Å². The minimum Gasteiger partial charge on any atom is -0.323 e. The number of urea groups is 1. The van der Waals surface area contributed by atoms with Crippen LogP contribution in [0.3, 0.4) is 0 Å². The van der Waals surface area contributed by atoms with Crippen LogP contribution >= 0.6 is 11.3 Å². The highest BCUT2D eigenvalue weighted by Crippen LogP contribution is 2.42. The lowest BCUT2D eigenvalue weighted by atomic mass is 9.96. The van der Waals surface area contributed by atoms with Crippen LogP contribution in [0.2, 0.25) is 0 Å². The molecule has 1 saturated heterocycles. The number of carbonyl (C=O) groups excluding carboxylic acids is 2. The van der Waals surface area contributed by atoms with Crippen LogP contribution in [0.15, 0.2) is 22.4 Å². The summed E-state index contributed by atoms with van der Waals surface area (Å²) in [5.41, 5.74) is -0.589. The third-order valence-electron chi connectivity index (χ3n) is 4.37. The van der Waals surface area contributed by atoms with Gasteiger partial charge in [-0.25, -0.2) is 9.78 Å². The molecule has 1 saturated carbocycles. The molecule has 1 aliphatic carbocycles. The topological polar surface area (TPSA) is 83.8 Å². The van der Waals surface area contributed by atoms with Gasteiger partial charge in [0, 0.05) is 17.6 Å². The fraction of sp³-hybridized carbons (Fsp3) is 0.429. The van der Waals surface area contributed by atoms with Crippen molar-refractivity contribution in [1.29, 1.82) is 0 Å². The molecule has 0 spiro atoms. The first-order valence-corrected chi connectivity index (χ1v) is 7.97. The second kappa shape index (κ2) is 4.39. The van der Waals surface area contributed by atoms with Gasteiger partial charge in [-0.05, 0) is 25.7 Å². The molecule has 0 unspecified atom stereocenters. The molecule has 2 aromatic heterocycles. The van der Waals surface area contributed by atoms with Gasteiger partial charge in [0.05, 0.1) is 12.2 Å². The Labute approximate surface area is 129 Å². The zero-order valence-corrected chi connectivity index (χ0v) is 12.7. The molecule has 1 atom stereocenters. The van der Waals surface area contributed by atoms with E-state index >= 15 is 0 Å². The van der Waals surface area contributed by atoms with Crippen LogP contribution in [0.25, 0.3) is 4.96 Å². The molecule has 3 amide bonds. The predicted octanol–water partition coefficient (Wildman–Crippen LogP) is 0.976. The lowest BCUT2D eigenvalue weighted by molar-refractivity contribution is -0.131. The Morgan fingerprint density at radius 1 is 1.41 bits per heavy atom. The molecule has 0 aromatic carbocycles. The maximum Gasteiger partial charge on any atom is 0.325 e. The summed E-state index contributed by atoms with van der Waals surface area (Å²) in [4.78, 5) is 42.7. The van der Waals surface area contributed by atoms with E-state index in [9.17, 15) is 14.4 Å². The Bertz CT molecular complexity index is 853. The van der Waals surface area contributed by atoms with Crippen molar-refractivity contribution in [3.8, 4) is 0 Å². The van der Waals surface area contributed by atoms with Crippen molar-refractivity contribution in [2.24, 2.45) is 5.92 Å². The molecule has 0 bridgehead atoms. The molecule has 7 nitrogen and oxygen atoms in total. The molecule has 1 aliphatic heterocycles. The second-order valence-corrected chi connectivity index (χ2v) is 6.81. The lowest BCUT2D eigenvalue weighted by Crippen LogP contribution is -2.46. The molecular formula is C14H14N4O3S. The summed E-state index contributed by atoms with van der Waals surface area (Å²) in [7, 11) is 0. The highest BCUT2D eigenvalue weighted by molar-refractivity contribution is 7.15. The number of fused-ring (bicyclic) bond motifs is 1. The van der Waals surface area contributed by atoms with Gasteiger partial charge in [0.15, 0.2) is 4.96 Å². The third kappa shape index (κ3) is 1.87. The van der Waals surface area contributed by atoms with E-state index in [1.165, 1.54) is 21.8 Å². The molecule has 114 valence electrons. The zero-order chi connectivity index (χ0) is 15.5. The Morgan fingerprint density at radius 3 is 2.91 bits per heavy atom. The van der Waals surface area contributed by atoms with E-state index in [1.807, 2.05) is 0 Å². The van der Waals surface area contributed by atoms with Crippen molar-refractivity contribution in [3.63, 3.8) is 0 Å². The quantitative estimate of drug-likeness (QED) is 0.855. The van der Waals surface area contributed by atoms with Crippen molar-refractivity contribution in [1.82, 2.24) is 19.6 Å². The van der Waals surface area contributed by atoms with Crippen LogP contribution in [-0.2, 0) is 11.3 Å². The van der Waals surface area contributed by atoms with Gasteiger partial charge < -0.3 is 5.32 Å². The maximum absolute atomic E-state index is 12.6. The van der Waals surface area contributed by atoms with Gasteiger partial charge in [-0.2, -0.15) is 0 Å². The molecule has 3 heterocycles. The number of nitrogens with zero attached hydrogens (tertiary/aromatic N) is 3. The smallest absolute Gasteiger partial charge is 0.323 e. The van der Waals surface area contributed by atoms with Crippen molar-refractivity contribution in [2.75, 3.05) is 0 Å². The Kier molecular flexibility index (Phi) is 2.68. The molecule has 22 heavy (non-hydrogen) atoms. The summed E-state index contributed by atoms with van der Waals surface area (Å²) >= 11 is 1.34. The minimum absolute atomic E-state index is 0.0244. The van der Waals surface area contributed by atoms with Crippen LogP contribution in [0.5, 0.6) is 0 Å². The summed E-state index contributed by atoms with van der Waals surface area (Å²) in [5, 5.41) is 4.56. The van der Waals surface area contributed by atoms with Crippen molar-refractivity contribution < 1.29 is 9.59 Å². The van der Waals surface area contributed by atoms with Crippen molar-refractivity contribution >= 4 is 28.2 Å². The van der Waals surface area contributed by atoms with E-state index in [0.717, 1.165) is 17.7 Å². The second-order valence-electron chi connectivity index (χ2n) is 5.94. The monoisotopic (exact) mass is 318 g/mol. The van der Waals surface area contributed by atoms with Gasteiger partial charge in [0.25, 0.3) is 11.5 Å². The van der Waals surface area contributed by atoms with Gasteiger partial charge in [0.2, 0.25) is 0 Å². The summed E-state index contributed by atoms with van der Waals surface area (Å²) in [6.07, 6.45) is 3.56. The molecular weight excluding hydrogens is 304 g/mol. The van der Waals surface area contributed by atoms with E-state index < -0.39 is 11.6 Å². The summed E-state index contributed by atoms with van der Waals surface area (Å²) in [5.74, 6) is -0.0134. The Balaban J connectivity index is 1.66. The van der Waals surface area contributed by atoms with Crippen LogP contribution in [0, 0.1) is 5.92 Å². The molecule has 8 heteroatoms. The van der Waals surface area contributed by atoms with Gasteiger partial charge in [0.1, 0.15) is 5.54 Å². The van der Waals surface area contributed by atoms with Gasteiger partial charge >= 0.3 is 6.03 Å². The van der Waals surface area contributed by atoms with E-state index in [1.54, 1.807) is 18.5 Å². The normalized spacial score (nSPS) is 25.0. The minimum atomic E-state index is -0.806. The number of hydrogen-bond acceptors (Lipinski definition) is 5. The number of thiazole rings is 1. The standard InChI is InChI=1S/C14H14N4O3S/c1-14(8-2-3-8)11(20)18(12(21)16-14)7-9-6-10(19)17-4-5-22-13(17)15-9/h4-6,8H,2-3,7H2,1H3,(H,16,21)/t14-/m1/s1. The van der Waals surface area contributed by atoms with Crippen LogP contribution in [0.1, 0.15) is 25.5 Å². The van der Waals surface area contributed by atoms with E-state index in [-0.39, 0.29) is 23.9 Å². The number of amides is 3. The number of nitrogens with one attached hydrogen (secondary N) is 1. The van der Waals surface area contributed by atoms with Crippen molar-refractivity contribution in [3.05, 3.63) is 33.7 Å². The first-order chi connectivity index (χ1) is 10.5. The highest BCUT2D eigenvalue weighted by Gasteiger charge is 2.55. The maximum atomic E-state index is 12.6. The summed E-state index contributed by atoms with van der Waals surface area (Å²) in [6, 6.07) is 0.958. The number of aromatic nitrogens is 2. The molecule has 1 N–H and O–H groups in total. The molecule has 2 aromatic rings. The fourth-order valence-electron chi connectivity index (χ4n) is 2.93. The number of rotatable bonds is 3. The number of imide groups is 1. The first-order valence-electron chi connectivity index (χ1n) is 7.09. The zero-order valence-electron chi connectivity index (χ0n) is 11.9. The average molecular weight is 318 g/mol. The number of carbonyl (C=O) groups is 2. The lowest BCUT2D eigenvalue weighted by Gasteiger charge is -2.20. The van der Waals surface area contributed by atoms with Crippen LogP contribution in [-0.4, -0.2) is 31.8 Å². The Morgan fingerprint density at radius 2 is 2.18 bits per heavy atom.